The average Bonchev–Trinajstić information content (AvgIpc) is 2.27. The lowest BCUT2D eigenvalue weighted by molar-refractivity contribution is 1.16. The molecular weight excluding hydrogens is 170 g/mol. The molecule has 3 rings (SSSR count). The van der Waals surface area contributed by atoms with E-state index in [-0.39, 0.29) is 0 Å². The minimum Gasteiger partial charge on any atom is -0.355 e. The lowest BCUT2D eigenvalue weighted by Crippen LogP contribution is -2.05. The predicted octanol–water partition coefficient (Wildman–Crippen LogP) is 3.33. The summed E-state index contributed by atoms with van der Waals surface area (Å²) in [5, 5.41) is 3.36. The summed E-state index contributed by atoms with van der Waals surface area (Å²) in [6, 6.07) is 14.7. The Kier molecular flexibility index (Phi) is 1.37. The molecular formula is C13H11N. The quantitative estimate of drug-likeness (QED) is 0.562. The van der Waals surface area contributed by atoms with Gasteiger partial charge in [-0.05, 0) is 23.3 Å². The van der Waals surface area contributed by atoms with E-state index in [9.17, 15) is 0 Å². The highest BCUT2D eigenvalue weighted by molar-refractivity contribution is 5.71. The van der Waals surface area contributed by atoms with E-state index < -0.39 is 0 Å². The Hall–Kier alpha value is -1.76. The molecule has 2 aromatic rings. The molecule has 0 bridgehead atoms. The Morgan fingerprint density at radius 2 is 1.64 bits per heavy atom. The molecule has 1 N–H and O–H groups in total. The fourth-order valence-electron chi connectivity index (χ4n) is 1.87. The van der Waals surface area contributed by atoms with Gasteiger partial charge in [0, 0.05) is 17.8 Å². The monoisotopic (exact) mass is 182 g/mol. The number of benzene rings is 2. The highest BCUT2D eigenvalue weighted by Crippen LogP contribution is 2.31. The molecule has 0 aromatic heterocycles. The predicted molar refractivity (Wildman–Crippen MR) is 59.0 cm³/mol. The number of para-hydroxylation sites is 2. The van der Waals surface area contributed by atoms with Gasteiger partial charge in [-0.15, -0.1) is 0 Å². The Balaban J connectivity index is 2.15. The lowest BCUT2D eigenvalue weighted by Gasteiger charge is -2.20. The van der Waals surface area contributed by atoms with Crippen molar-refractivity contribution >= 4 is 11.4 Å². The second-order valence-corrected chi connectivity index (χ2v) is 3.52. The summed E-state index contributed by atoms with van der Waals surface area (Å²) in [5.41, 5.74) is 4.60. The fourth-order valence-corrected chi connectivity index (χ4v) is 1.87. The summed E-state index contributed by atoms with van der Waals surface area (Å²) in [5.74, 6) is 0. The first kappa shape index (κ1) is 6.66. The molecule has 0 atom stereocenters. The Morgan fingerprint density at radius 1 is 0.929 bits per heavy atom. The summed E-state index contributed by atoms with van der Waals surface area (Å²) >= 11 is 0. The molecule has 1 nitrogen and oxygen atoms in total. The van der Waals surface area contributed by atoms with Gasteiger partial charge < -0.3 is 5.32 Å². The van der Waals surface area contributed by atoms with Crippen LogP contribution < -0.4 is 5.32 Å². The molecule has 0 saturated heterocycles. The zero-order valence-electron chi connectivity index (χ0n) is 8.75. The first-order valence-electron chi connectivity index (χ1n) is 5.28. The van der Waals surface area contributed by atoms with Gasteiger partial charge in [-0.2, -0.15) is 0 Å². The van der Waals surface area contributed by atoms with Crippen LogP contribution >= 0.6 is 0 Å². The van der Waals surface area contributed by atoms with Crippen LogP contribution in [0, 0.1) is 0 Å². The van der Waals surface area contributed by atoms with Gasteiger partial charge in [0.1, 0.15) is 0 Å². The van der Waals surface area contributed by atoms with Crippen molar-refractivity contribution < 1.29 is 1.37 Å². The van der Waals surface area contributed by atoms with Gasteiger partial charge >= 0.3 is 0 Å². The fraction of sp³-hybridized carbons (Fsp3) is 0.0769. The minimum atomic E-state index is 0.620. The largest absolute Gasteiger partial charge is 0.355 e. The van der Waals surface area contributed by atoms with Crippen LogP contribution in [0.15, 0.2) is 48.5 Å². The third kappa shape index (κ3) is 1.10. The van der Waals surface area contributed by atoms with Crippen LogP contribution in [-0.2, 0) is 6.42 Å². The van der Waals surface area contributed by atoms with E-state index in [0.717, 1.165) is 23.4 Å². The summed E-state index contributed by atoms with van der Waals surface area (Å²) in [7, 11) is 0. The van der Waals surface area contributed by atoms with Crippen LogP contribution in [0.1, 0.15) is 12.5 Å². The molecule has 0 unspecified atom stereocenters. The van der Waals surface area contributed by atoms with Gasteiger partial charge in [0.25, 0.3) is 0 Å². The smallest absolute Gasteiger partial charge is 0.0626 e. The van der Waals surface area contributed by atoms with Crippen molar-refractivity contribution in [3.05, 3.63) is 59.6 Å². The molecule has 2 aromatic carbocycles. The summed E-state index contributed by atoms with van der Waals surface area (Å²) < 4.78 is 7.85. The Labute approximate surface area is 84.8 Å². The van der Waals surface area contributed by atoms with Crippen molar-refractivity contribution in [1.82, 2.24) is 0 Å². The van der Waals surface area contributed by atoms with Crippen LogP contribution in [0.4, 0.5) is 11.4 Å². The maximum Gasteiger partial charge on any atom is 0.0626 e. The maximum atomic E-state index is 7.85. The van der Waals surface area contributed by atoms with Crippen LogP contribution in [0.5, 0.6) is 0 Å². The van der Waals surface area contributed by atoms with E-state index in [1.807, 2.05) is 30.3 Å². The third-order valence-corrected chi connectivity index (χ3v) is 2.60. The average molecular weight is 182 g/mol. The summed E-state index contributed by atoms with van der Waals surface area (Å²) in [6.45, 7) is 0. The Bertz CT molecular complexity index is 520. The van der Waals surface area contributed by atoms with Crippen molar-refractivity contribution in [2.45, 2.75) is 6.42 Å². The van der Waals surface area contributed by atoms with Crippen molar-refractivity contribution in [1.29, 1.82) is 0 Å². The molecule has 1 aliphatic heterocycles. The number of hydrogen-bond acceptors (Lipinski definition) is 1. The maximum absolute atomic E-state index is 7.85. The van der Waals surface area contributed by atoms with E-state index in [0.29, 0.717) is 6.04 Å². The number of anilines is 2. The highest BCUT2D eigenvalue weighted by Gasteiger charge is 2.12. The van der Waals surface area contributed by atoms with Crippen LogP contribution in [0.2, 0.25) is 0 Å². The summed E-state index contributed by atoms with van der Waals surface area (Å²) in [6.07, 6.45) is 0.859. The molecule has 0 amide bonds. The summed E-state index contributed by atoms with van der Waals surface area (Å²) in [4.78, 5) is 0. The van der Waals surface area contributed by atoms with Crippen molar-refractivity contribution in [3.8, 4) is 0 Å². The second kappa shape index (κ2) is 2.88. The van der Waals surface area contributed by atoms with Gasteiger partial charge in [-0.1, -0.05) is 36.4 Å². The van der Waals surface area contributed by atoms with Crippen LogP contribution in [-0.4, -0.2) is 0 Å². The number of fused-ring (bicyclic) bond motifs is 2. The zero-order chi connectivity index (χ0) is 10.3. The lowest BCUT2D eigenvalue weighted by atomic mass is 9.98. The SMILES string of the molecule is [2H]c1cccc2c1Cc1ccccc1N2. The molecule has 1 heterocycles. The topological polar surface area (TPSA) is 12.0 Å². The third-order valence-electron chi connectivity index (χ3n) is 2.60. The molecule has 0 radical (unpaired) electrons. The zero-order valence-corrected chi connectivity index (χ0v) is 7.75. The standard InChI is InChI=1S/C13H11N/c1-3-7-12-10(5-1)9-11-6-2-4-8-13(11)14-12/h1-8,14H,9H2/i5D. The first-order chi connectivity index (χ1) is 7.34. The molecule has 14 heavy (non-hydrogen) atoms. The molecule has 1 heteroatoms. The Morgan fingerprint density at radius 3 is 2.57 bits per heavy atom. The van der Waals surface area contributed by atoms with E-state index in [2.05, 4.69) is 17.4 Å². The van der Waals surface area contributed by atoms with Crippen LogP contribution in [0.25, 0.3) is 0 Å². The molecule has 1 aliphatic rings. The van der Waals surface area contributed by atoms with Crippen molar-refractivity contribution in [3.63, 3.8) is 0 Å². The normalized spacial score (nSPS) is 13.6. The second-order valence-electron chi connectivity index (χ2n) is 3.52. The molecule has 0 aliphatic carbocycles. The van der Waals surface area contributed by atoms with Gasteiger partial charge in [0.15, 0.2) is 0 Å². The van der Waals surface area contributed by atoms with Gasteiger partial charge in [-0.3, -0.25) is 0 Å². The molecule has 68 valence electrons. The first-order valence-corrected chi connectivity index (χ1v) is 4.78. The highest BCUT2D eigenvalue weighted by atomic mass is 14.9. The minimum absolute atomic E-state index is 0.620. The van der Waals surface area contributed by atoms with E-state index in [4.69, 9.17) is 1.37 Å². The van der Waals surface area contributed by atoms with E-state index in [1.165, 1.54) is 5.56 Å². The molecule has 0 fully saturated rings. The number of hydrogen-bond donors (Lipinski definition) is 1. The van der Waals surface area contributed by atoms with Gasteiger partial charge in [0.2, 0.25) is 0 Å². The van der Waals surface area contributed by atoms with Crippen molar-refractivity contribution in [2.75, 3.05) is 5.32 Å². The van der Waals surface area contributed by atoms with Crippen LogP contribution in [0.3, 0.4) is 0 Å². The van der Waals surface area contributed by atoms with Gasteiger partial charge in [0.05, 0.1) is 1.37 Å². The van der Waals surface area contributed by atoms with E-state index in [1.54, 1.807) is 0 Å². The number of nitrogens with one attached hydrogen (secondary N) is 1. The molecule has 0 spiro atoms. The molecule has 0 saturated carbocycles. The van der Waals surface area contributed by atoms with E-state index >= 15 is 0 Å². The van der Waals surface area contributed by atoms with Crippen molar-refractivity contribution in [2.24, 2.45) is 0 Å². The van der Waals surface area contributed by atoms with Gasteiger partial charge in [-0.25, -0.2) is 0 Å². The number of rotatable bonds is 0.